The molecule has 0 atom stereocenters. The second-order valence-electron chi connectivity index (χ2n) is 6.95. The van der Waals surface area contributed by atoms with Gasteiger partial charge in [0.15, 0.2) is 5.78 Å². The summed E-state index contributed by atoms with van der Waals surface area (Å²) < 4.78 is 0. The van der Waals surface area contributed by atoms with E-state index in [0.717, 1.165) is 12.1 Å². The molecule has 10 nitrogen and oxygen atoms in total. The molecule has 0 aromatic heterocycles. The number of non-ortho nitro benzene ring substituents is 1. The predicted molar refractivity (Wildman–Crippen MR) is 103 cm³/mol. The monoisotopic (exact) mass is 401 g/mol. The Morgan fingerprint density at radius 1 is 1.00 bits per heavy atom. The molecule has 0 saturated heterocycles. The first-order chi connectivity index (χ1) is 13.5. The third-order valence-corrected chi connectivity index (χ3v) is 4.22. The van der Waals surface area contributed by atoms with Crippen LogP contribution >= 0.6 is 0 Å². The van der Waals surface area contributed by atoms with Gasteiger partial charge in [0.2, 0.25) is 0 Å². The molecule has 0 radical (unpaired) electrons. The number of carbonyl (C=O) groups excluding carboxylic acids is 2. The zero-order chi connectivity index (χ0) is 21.9. The van der Waals surface area contributed by atoms with Crippen molar-refractivity contribution in [1.29, 1.82) is 0 Å². The number of nitro benzene ring substituents is 2. The molecular weight excluding hydrogens is 382 g/mol. The highest BCUT2D eigenvalue weighted by molar-refractivity contribution is 6.22. The summed E-state index contributed by atoms with van der Waals surface area (Å²) in [7, 11) is 0. The van der Waals surface area contributed by atoms with Gasteiger partial charge in [-0.25, -0.2) is 4.79 Å². The molecule has 0 fully saturated rings. The van der Waals surface area contributed by atoms with E-state index in [1.54, 1.807) is 0 Å². The second-order valence-corrected chi connectivity index (χ2v) is 6.95. The normalized spacial score (nSPS) is 13.9. The fourth-order valence-corrected chi connectivity index (χ4v) is 2.67. The number of ketones is 1. The van der Waals surface area contributed by atoms with Crippen molar-refractivity contribution in [2.24, 2.45) is 17.0 Å². The molecule has 0 saturated carbocycles. The van der Waals surface area contributed by atoms with Crippen LogP contribution in [0.1, 0.15) is 38.1 Å². The molecule has 0 unspecified atom stereocenters. The number of benzene rings is 1. The van der Waals surface area contributed by atoms with Crippen LogP contribution in [0.15, 0.2) is 46.7 Å². The molecule has 29 heavy (non-hydrogen) atoms. The minimum Gasteiger partial charge on any atom is -0.312 e. The van der Waals surface area contributed by atoms with Gasteiger partial charge in [-0.2, -0.15) is 0 Å². The fourth-order valence-electron chi connectivity index (χ4n) is 2.67. The maximum absolute atomic E-state index is 12.5. The number of hydrogen-bond acceptors (Lipinski definition) is 8. The molecule has 0 aliphatic heterocycles. The number of nitro groups is 2. The standard InChI is InChI=1S/C19H19N3O7/c1-10(2)15-7-12(8-16(11(3)4)18(15)23)20-29-19(24)14-6-5-13(21(25)26)9-17(14)22(27)28/h5-11H,1-4H3. The van der Waals surface area contributed by atoms with Crippen molar-refractivity contribution in [2.45, 2.75) is 27.7 Å². The zero-order valence-electron chi connectivity index (χ0n) is 16.2. The Labute approximate surface area is 165 Å². The topological polar surface area (TPSA) is 142 Å². The van der Waals surface area contributed by atoms with Crippen molar-refractivity contribution < 1.29 is 24.3 Å². The van der Waals surface area contributed by atoms with Crippen LogP contribution in [-0.4, -0.2) is 27.3 Å². The number of nitrogens with zero attached hydrogens (tertiary/aromatic N) is 3. The van der Waals surface area contributed by atoms with Crippen molar-refractivity contribution >= 4 is 28.8 Å². The molecule has 2 rings (SSSR count). The summed E-state index contributed by atoms with van der Waals surface area (Å²) in [6.07, 6.45) is 2.99. The van der Waals surface area contributed by atoms with Crippen molar-refractivity contribution in [1.82, 2.24) is 0 Å². The summed E-state index contributed by atoms with van der Waals surface area (Å²) in [6.45, 7) is 7.38. The van der Waals surface area contributed by atoms with E-state index in [2.05, 4.69) is 5.16 Å². The third-order valence-electron chi connectivity index (χ3n) is 4.22. The van der Waals surface area contributed by atoms with Crippen LogP contribution in [-0.2, 0) is 9.63 Å². The van der Waals surface area contributed by atoms with Gasteiger partial charge in [-0.05, 0) is 30.1 Å². The lowest BCUT2D eigenvalue weighted by Crippen LogP contribution is -2.21. The molecule has 0 amide bonds. The van der Waals surface area contributed by atoms with Crippen molar-refractivity contribution in [3.05, 3.63) is 67.3 Å². The summed E-state index contributed by atoms with van der Waals surface area (Å²) in [5, 5.41) is 25.7. The van der Waals surface area contributed by atoms with Crippen LogP contribution in [0, 0.1) is 32.1 Å². The Morgan fingerprint density at radius 2 is 1.55 bits per heavy atom. The lowest BCUT2D eigenvalue weighted by atomic mass is 9.84. The highest BCUT2D eigenvalue weighted by Gasteiger charge is 2.27. The van der Waals surface area contributed by atoms with Gasteiger partial charge in [0.05, 0.1) is 15.9 Å². The number of carbonyl (C=O) groups is 2. The summed E-state index contributed by atoms with van der Waals surface area (Å²) >= 11 is 0. The molecule has 0 N–H and O–H groups in total. The van der Waals surface area contributed by atoms with Gasteiger partial charge in [-0.1, -0.05) is 32.9 Å². The van der Waals surface area contributed by atoms with Crippen molar-refractivity contribution in [3.63, 3.8) is 0 Å². The molecule has 0 spiro atoms. The number of oxime groups is 1. The highest BCUT2D eigenvalue weighted by atomic mass is 16.7. The second kappa shape index (κ2) is 8.55. The Hall–Kier alpha value is -3.69. The minimum absolute atomic E-state index is 0.0818. The Balaban J connectivity index is 2.38. The van der Waals surface area contributed by atoms with E-state index in [1.807, 2.05) is 27.7 Å². The average molecular weight is 401 g/mol. The fraction of sp³-hybridized carbons (Fsp3) is 0.316. The Morgan fingerprint density at radius 3 is 2.00 bits per heavy atom. The molecule has 1 aromatic carbocycles. The van der Waals surface area contributed by atoms with Crippen molar-refractivity contribution in [3.8, 4) is 0 Å². The molecule has 0 heterocycles. The quantitative estimate of drug-likeness (QED) is 0.305. The summed E-state index contributed by atoms with van der Waals surface area (Å²) in [5.41, 5.74) is -0.535. The molecule has 1 aromatic rings. The van der Waals surface area contributed by atoms with Crippen LogP contribution in [0.2, 0.25) is 0 Å². The summed E-state index contributed by atoms with van der Waals surface area (Å²) in [5.74, 6) is -1.41. The molecule has 152 valence electrons. The van der Waals surface area contributed by atoms with Gasteiger partial charge >= 0.3 is 5.97 Å². The van der Waals surface area contributed by atoms with E-state index in [1.165, 1.54) is 12.2 Å². The van der Waals surface area contributed by atoms with E-state index in [4.69, 9.17) is 4.84 Å². The minimum atomic E-state index is -1.14. The van der Waals surface area contributed by atoms with Crippen LogP contribution in [0.3, 0.4) is 0 Å². The maximum atomic E-state index is 12.5. The van der Waals surface area contributed by atoms with Crippen LogP contribution < -0.4 is 0 Å². The lowest BCUT2D eigenvalue weighted by molar-refractivity contribution is -0.394. The average Bonchev–Trinajstić information content (AvgIpc) is 2.65. The van der Waals surface area contributed by atoms with E-state index in [0.29, 0.717) is 17.2 Å². The number of Topliss-reactive ketones (excluding diaryl/α,β-unsaturated/α-hetero) is 1. The highest BCUT2D eigenvalue weighted by Crippen LogP contribution is 2.27. The number of hydrogen-bond donors (Lipinski definition) is 0. The van der Waals surface area contributed by atoms with Crippen LogP contribution in [0.25, 0.3) is 0 Å². The first-order valence-corrected chi connectivity index (χ1v) is 8.73. The Kier molecular flexibility index (Phi) is 6.37. The van der Waals surface area contributed by atoms with E-state index < -0.39 is 32.8 Å². The summed E-state index contributed by atoms with van der Waals surface area (Å²) in [6, 6.07) is 2.58. The molecular formula is C19H19N3O7. The third kappa shape index (κ3) is 4.78. The molecule has 1 aliphatic rings. The lowest BCUT2D eigenvalue weighted by Gasteiger charge is -2.19. The largest absolute Gasteiger partial charge is 0.372 e. The van der Waals surface area contributed by atoms with Crippen LogP contribution in [0.4, 0.5) is 11.4 Å². The smallest absolute Gasteiger partial charge is 0.312 e. The van der Waals surface area contributed by atoms with Gasteiger partial charge in [0, 0.05) is 17.2 Å². The van der Waals surface area contributed by atoms with E-state index in [9.17, 15) is 29.8 Å². The van der Waals surface area contributed by atoms with E-state index >= 15 is 0 Å². The van der Waals surface area contributed by atoms with E-state index in [-0.39, 0.29) is 23.3 Å². The van der Waals surface area contributed by atoms with Gasteiger partial charge in [-0.3, -0.25) is 25.0 Å². The SMILES string of the molecule is CC(C)C1=CC(=NOC(=O)c2ccc([N+](=O)[O-])cc2[N+](=O)[O-])C=C(C(C)C)C1=O. The first kappa shape index (κ1) is 21.6. The van der Waals surface area contributed by atoms with Gasteiger partial charge in [0.25, 0.3) is 11.4 Å². The number of allylic oxidation sites excluding steroid dienone is 4. The predicted octanol–water partition coefficient (Wildman–Crippen LogP) is 3.76. The zero-order valence-corrected chi connectivity index (χ0v) is 16.2. The molecule has 1 aliphatic carbocycles. The van der Waals surface area contributed by atoms with Crippen molar-refractivity contribution in [2.75, 3.05) is 0 Å². The molecule has 0 bridgehead atoms. The first-order valence-electron chi connectivity index (χ1n) is 8.73. The van der Waals surface area contributed by atoms with Crippen LogP contribution in [0.5, 0.6) is 0 Å². The number of rotatable bonds is 6. The van der Waals surface area contributed by atoms with Gasteiger partial charge in [-0.15, -0.1) is 0 Å². The summed E-state index contributed by atoms with van der Waals surface area (Å²) in [4.78, 5) is 49.8. The molecule has 10 heteroatoms. The Bertz CT molecular complexity index is 958. The maximum Gasteiger partial charge on any atom is 0.372 e. The van der Waals surface area contributed by atoms with Gasteiger partial charge < -0.3 is 4.84 Å². The van der Waals surface area contributed by atoms with Gasteiger partial charge in [0.1, 0.15) is 11.3 Å².